The first kappa shape index (κ1) is 17.0. The number of hydrogen-bond donors (Lipinski definition) is 0. The van der Waals surface area contributed by atoms with Crippen LogP contribution in [0.4, 0.5) is 0 Å². The first-order valence-electron chi connectivity index (χ1n) is 7.31. The fourth-order valence-corrected chi connectivity index (χ4v) is 4.63. The molecule has 0 aliphatic carbocycles. The molecule has 1 aromatic heterocycles. The lowest BCUT2D eigenvalue weighted by Gasteiger charge is -2.06. The Hall–Kier alpha value is -1.89. The second kappa shape index (κ2) is 6.93. The highest BCUT2D eigenvalue weighted by atomic mass is 35.5. The summed E-state index contributed by atoms with van der Waals surface area (Å²) in [5, 5.41) is 2.41. The Morgan fingerprint density at radius 3 is 2.38 bits per heavy atom. The second-order valence-corrected chi connectivity index (χ2v) is 7.91. The van der Waals surface area contributed by atoms with Gasteiger partial charge in [-0.25, -0.2) is 0 Å². The third-order valence-corrected chi connectivity index (χ3v) is 6.01. The summed E-state index contributed by atoms with van der Waals surface area (Å²) < 4.78 is 30.9. The van der Waals surface area contributed by atoms with Gasteiger partial charge >= 0.3 is 0 Å². The number of thiazole rings is 1. The van der Waals surface area contributed by atoms with Crippen molar-refractivity contribution in [1.82, 2.24) is 4.57 Å². The Bertz CT molecular complexity index is 1000. The number of rotatable bonds is 4. The van der Waals surface area contributed by atoms with Gasteiger partial charge in [0.15, 0.2) is 0 Å². The Kier molecular flexibility index (Phi) is 4.89. The van der Waals surface area contributed by atoms with E-state index in [1.54, 1.807) is 12.1 Å². The third-order valence-electron chi connectivity index (χ3n) is 3.49. The molecular weight excluding hydrogens is 364 g/mol. The number of benzene rings is 2. The predicted octanol–water partition coefficient (Wildman–Crippen LogP) is 4.18. The number of hydrogen-bond acceptors (Lipinski definition) is 3. The minimum Gasteiger partial charge on any atom is -0.316 e. The molecule has 0 spiro atoms. The SMILES string of the molecule is CCn1c(-c2ccccc2)cs/c1=N/S(=O)(=O)c1ccc(Cl)cc1. The molecule has 1 heterocycles. The summed E-state index contributed by atoms with van der Waals surface area (Å²) in [4.78, 5) is 0.579. The number of nitrogens with zero attached hydrogens (tertiary/aromatic N) is 2. The molecule has 0 aliphatic heterocycles. The van der Waals surface area contributed by atoms with Gasteiger partial charge in [0.1, 0.15) is 0 Å². The summed E-state index contributed by atoms with van der Waals surface area (Å²) in [6.07, 6.45) is 0. The van der Waals surface area contributed by atoms with Crippen molar-refractivity contribution in [2.24, 2.45) is 4.40 Å². The van der Waals surface area contributed by atoms with Crippen molar-refractivity contribution in [2.75, 3.05) is 0 Å². The molecule has 24 heavy (non-hydrogen) atoms. The molecule has 0 bridgehead atoms. The normalized spacial score (nSPS) is 12.5. The summed E-state index contributed by atoms with van der Waals surface area (Å²) >= 11 is 7.12. The fourth-order valence-electron chi connectivity index (χ4n) is 2.31. The van der Waals surface area contributed by atoms with Crippen LogP contribution in [-0.2, 0) is 16.6 Å². The van der Waals surface area contributed by atoms with Crippen molar-refractivity contribution in [3.8, 4) is 11.3 Å². The van der Waals surface area contributed by atoms with Crippen LogP contribution >= 0.6 is 22.9 Å². The van der Waals surface area contributed by atoms with Crippen LogP contribution < -0.4 is 4.80 Å². The van der Waals surface area contributed by atoms with Crippen molar-refractivity contribution >= 4 is 33.0 Å². The van der Waals surface area contributed by atoms with Gasteiger partial charge in [-0.3, -0.25) is 0 Å². The largest absolute Gasteiger partial charge is 0.316 e. The summed E-state index contributed by atoms with van der Waals surface area (Å²) in [5.41, 5.74) is 1.98. The Morgan fingerprint density at radius 1 is 1.08 bits per heavy atom. The van der Waals surface area contributed by atoms with Gasteiger partial charge in [-0.05, 0) is 36.8 Å². The number of halogens is 1. The van der Waals surface area contributed by atoms with Crippen LogP contribution in [0.15, 0.2) is 69.3 Å². The molecule has 124 valence electrons. The van der Waals surface area contributed by atoms with E-state index in [-0.39, 0.29) is 4.90 Å². The summed E-state index contributed by atoms with van der Waals surface area (Å²) in [5.74, 6) is 0. The van der Waals surface area contributed by atoms with Crippen LogP contribution in [0.2, 0.25) is 5.02 Å². The van der Waals surface area contributed by atoms with Gasteiger partial charge in [0.25, 0.3) is 10.0 Å². The summed E-state index contributed by atoms with van der Waals surface area (Å²) in [7, 11) is -3.78. The predicted molar refractivity (Wildman–Crippen MR) is 97.6 cm³/mol. The average molecular weight is 379 g/mol. The molecule has 3 rings (SSSR count). The topological polar surface area (TPSA) is 51.4 Å². The molecule has 0 saturated carbocycles. The molecule has 0 radical (unpaired) electrons. The zero-order chi connectivity index (χ0) is 17.2. The third kappa shape index (κ3) is 3.45. The molecule has 0 unspecified atom stereocenters. The standard InChI is InChI=1S/C17H15ClN2O2S2/c1-2-20-16(13-6-4-3-5-7-13)12-23-17(20)19-24(21,22)15-10-8-14(18)9-11-15/h3-12H,2H2,1H3/b19-17+. The first-order chi connectivity index (χ1) is 11.5. The zero-order valence-electron chi connectivity index (χ0n) is 12.9. The Morgan fingerprint density at radius 2 is 1.75 bits per heavy atom. The van der Waals surface area contributed by atoms with E-state index in [0.29, 0.717) is 16.4 Å². The molecule has 3 aromatic rings. The molecule has 0 saturated heterocycles. The van der Waals surface area contributed by atoms with Crippen LogP contribution in [0.25, 0.3) is 11.3 Å². The zero-order valence-corrected chi connectivity index (χ0v) is 15.3. The van der Waals surface area contributed by atoms with E-state index in [4.69, 9.17) is 11.6 Å². The second-order valence-electron chi connectivity index (χ2n) is 5.03. The minimum atomic E-state index is -3.78. The van der Waals surface area contributed by atoms with E-state index in [0.717, 1.165) is 11.3 Å². The maximum absolute atomic E-state index is 12.5. The van der Waals surface area contributed by atoms with E-state index >= 15 is 0 Å². The van der Waals surface area contributed by atoms with Crippen LogP contribution in [0.1, 0.15) is 6.92 Å². The molecule has 0 amide bonds. The van der Waals surface area contributed by atoms with E-state index in [1.165, 1.54) is 23.5 Å². The van der Waals surface area contributed by atoms with Gasteiger partial charge in [-0.1, -0.05) is 41.9 Å². The smallest absolute Gasteiger partial charge is 0.285 e. The van der Waals surface area contributed by atoms with Gasteiger partial charge in [0, 0.05) is 16.9 Å². The quantitative estimate of drug-likeness (QED) is 0.683. The summed E-state index contributed by atoms with van der Waals surface area (Å²) in [6, 6.07) is 15.8. The van der Waals surface area contributed by atoms with Crippen LogP contribution in [0.3, 0.4) is 0 Å². The maximum Gasteiger partial charge on any atom is 0.285 e. The van der Waals surface area contributed by atoms with Crippen molar-refractivity contribution in [3.05, 3.63) is 69.8 Å². The van der Waals surface area contributed by atoms with Crippen molar-refractivity contribution in [1.29, 1.82) is 0 Å². The van der Waals surface area contributed by atoms with E-state index < -0.39 is 10.0 Å². The van der Waals surface area contributed by atoms with Gasteiger partial charge < -0.3 is 4.57 Å². The van der Waals surface area contributed by atoms with E-state index in [2.05, 4.69) is 4.40 Å². The maximum atomic E-state index is 12.5. The lowest BCUT2D eigenvalue weighted by molar-refractivity contribution is 0.595. The van der Waals surface area contributed by atoms with Crippen LogP contribution in [0.5, 0.6) is 0 Å². The van der Waals surface area contributed by atoms with Gasteiger partial charge in [0.05, 0.1) is 10.6 Å². The van der Waals surface area contributed by atoms with Crippen molar-refractivity contribution < 1.29 is 8.42 Å². The molecule has 4 nitrogen and oxygen atoms in total. The molecule has 0 fully saturated rings. The van der Waals surface area contributed by atoms with Crippen molar-refractivity contribution in [3.63, 3.8) is 0 Å². The Labute approximate surface area is 149 Å². The van der Waals surface area contributed by atoms with Crippen LogP contribution in [-0.4, -0.2) is 13.0 Å². The van der Waals surface area contributed by atoms with E-state index in [9.17, 15) is 8.42 Å². The highest BCUT2D eigenvalue weighted by Crippen LogP contribution is 2.20. The highest BCUT2D eigenvalue weighted by Gasteiger charge is 2.14. The first-order valence-corrected chi connectivity index (χ1v) is 10.0. The monoisotopic (exact) mass is 378 g/mol. The molecule has 0 N–H and O–H groups in total. The highest BCUT2D eigenvalue weighted by molar-refractivity contribution is 7.90. The molecule has 2 aromatic carbocycles. The Balaban J connectivity index is 2.11. The lowest BCUT2D eigenvalue weighted by atomic mass is 10.2. The van der Waals surface area contributed by atoms with Gasteiger partial charge in [-0.15, -0.1) is 15.7 Å². The molecule has 0 atom stereocenters. The molecule has 7 heteroatoms. The fraction of sp³-hybridized carbons (Fsp3) is 0.118. The van der Waals surface area contributed by atoms with Gasteiger partial charge in [0.2, 0.25) is 4.80 Å². The molecule has 0 aliphatic rings. The average Bonchev–Trinajstić information content (AvgIpc) is 2.98. The van der Waals surface area contributed by atoms with Crippen LogP contribution in [0, 0.1) is 0 Å². The van der Waals surface area contributed by atoms with Crippen molar-refractivity contribution in [2.45, 2.75) is 18.4 Å². The molecular formula is C17H15ClN2O2S2. The van der Waals surface area contributed by atoms with Gasteiger partial charge in [-0.2, -0.15) is 8.42 Å². The van der Waals surface area contributed by atoms with E-state index in [1.807, 2.05) is 47.2 Å². The summed E-state index contributed by atoms with van der Waals surface area (Å²) in [6.45, 7) is 2.59. The number of sulfonamides is 1. The number of aromatic nitrogens is 1. The lowest BCUT2D eigenvalue weighted by Crippen LogP contribution is -2.17. The minimum absolute atomic E-state index is 0.129.